The Labute approximate surface area is 402 Å². The third-order valence-electron chi connectivity index (χ3n) is 20.6. The lowest BCUT2D eigenvalue weighted by atomic mass is 9.54. The highest BCUT2D eigenvalue weighted by Gasteiger charge is 2.46. The van der Waals surface area contributed by atoms with E-state index in [9.17, 15) is 4.79 Å². The van der Waals surface area contributed by atoms with E-state index in [0.29, 0.717) is 35.9 Å². The molecule has 4 aliphatic carbocycles. The average molecular weight is 889 g/mol. The van der Waals surface area contributed by atoms with Gasteiger partial charge in [0.2, 0.25) is 0 Å². The molecule has 17 unspecified atom stereocenters. The summed E-state index contributed by atoms with van der Waals surface area (Å²) >= 11 is 0. The van der Waals surface area contributed by atoms with Gasteiger partial charge < -0.3 is 4.74 Å². The van der Waals surface area contributed by atoms with Crippen molar-refractivity contribution in [3.63, 3.8) is 0 Å². The van der Waals surface area contributed by atoms with Crippen LogP contribution in [0.2, 0.25) is 0 Å². The van der Waals surface area contributed by atoms with Gasteiger partial charge in [0.1, 0.15) is 5.78 Å². The fourth-order valence-electron chi connectivity index (χ4n) is 15.5. The van der Waals surface area contributed by atoms with Gasteiger partial charge in [-0.05, 0) is 205 Å². The molecule has 0 amide bonds. The smallest absolute Gasteiger partial charge is 0.135 e. The van der Waals surface area contributed by atoms with E-state index in [4.69, 9.17) is 4.74 Å². The van der Waals surface area contributed by atoms with Gasteiger partial charge in [-0.3, -0.25) is 4.79 Å². The highest BCUT2D eigenvalue weighted by atomic mass is 16.5. The molecular formula is C63H100O2. The molecule has 0 radical (unpaired) electrons. The number of aryl methyl sites for hydroxylation is 1. The molecule has 3 saturated carbocycles. The molecule has 6 rings (SSSR count). The summed E-state index contributed by atoms with van der Waals surface area (Å²) in [5, 5.41) is 0. The zero-order valence-electron chi connectivity index (χ0n) is 44.7. The highest BCUT2D eigenvalue weighted by Crippen LogP contribution is 2.54. The number of rotatable bonds is 21. The van der Waals surface area contributed by atoms with Gasteiger partial charge in [0.25, 0.3) is 0 Å². The summed E-state index contributed by atoms with van der Waals surface area (Å²) in [4.78, 5) is 12.8. The molecule has 2 heteroatoms. The molecule has 0 spiro atoms. The zero-order valence-corrected chi connectivity index (χ0v) is 44.7. The van der Waals surface area contributed by atoms with Gasteiger partial charge in [-0.25, -0.2) is 0 Å². The number of hydrogen-bond acceptors (Lipinski definition) is 2. The maximum atomic E-state index is 12.8. The largest absolute Gasteiger partial charge is 0.381 e. The molecule has 4 aliphatic rings. The van der Waals surface area contributed by atoms with Gasteiger partial charge in [-0.1, -0.05) is 158 Å². The van der Waals surface area contributed by atoms with Crippen molar-refractivity contribution in [3.8, 4) is 11.1 Å². The monoisotopic (exact) mass is 889 g/mol. The van der Waals surface area contributed by atoms with Gasteiger partial charge in [0, 0.05) is 25.6 Å². The SMILES string of the molecule is CCC(=O)C(C)CC1C(C)C(CC2C(COCC(C)CCCc3ccc(-c4ccc5c(c4C)C(CC4CC(CC)C(C)C(C)C4C)=CC5)cc3)CC(CC)C(C)C2C)CC(CC)C1CC. The minimum absolute atomic E-state index is 0.194. The molecule has 0 N–H and O–H groups in total. The van der Waals surface area contributed by atoms with Crippen molar-refractivity contribution in [1.29, 1.82) is 0 Å². The Balaban J connectivity index is 1.01. The number of fused-ring (bicyclic) bond motifs is 1. The standard InChI is InChI=1S/C63H100O2/c1-15-49-32-55(43(10)41(8)42(49)9)35-54-28-27-53-29-30-59(47(14)63(53)54)52-25-23-48(24-26-52)22-20-21-39(6)37-65-38-57-33-50(16-2)44(11)45(12)60(57)36-56-34-51(17-3)58(18-4)61(46(56)13)31-40(7)62(64)19-5/h23-26,28-30,39-46,49-51,55-58,60-61H,15-22,27,31-38H2,1-14H3. The molecule has 3 fully saturated rings. The van der Waals surface area contributed by atoms with E-state index in [2.05, 4.69) is 139 Å². The second kappa shape index (κ2) is 23.9. The Morgan fingerprint density at radius 2 is 1.29 bits per heavy atom. The van der Waals surface area contributed by atoms with Gasteiger partial charge in [0.15, 0.2) is 0 Å². The van der Waals surface area contributed by atoms with Crippen LogP contribution in [0.3, 0.4) is 0 Å². The van der Waals surface area contributed by atoms with Crippen LogP contribution in [0.15, 0.2) is 42.5 Å². The molecular weight excluding hydrogens is 789 g/mol. The van der Waals surface area contributed by atoms with Gasteiger partial charge in [-0.15, -0.1) is 0 Å². The summed E-state index contributed by atoms with van der Waals surface area (Å²) in [6.45, 7) is 35.9. The van der Waals surface area contributed by atoms with E-state index in [1.807, 2.05) is 0 Å². The second-order valence-electron chi connectivity index (χ2n) is 23.9. The second-order valence-corrected chi connectivity index (χ2v) is 23.9. The zero-order chi connectivity index (χ0) is 47.1. The summed E-state index contributed by atoms with van der Waals surface area (Å²) < 4.78 is 6.79. The summed E-state index contributed by atoms with van der Waals surface area (Å²) in [6, 6.07) is 14.4. The van der Waals surface area contributed by atoms with Crippen LogP contribution in [0.1, 0.15) is 196 Å². The van der Waals surface area contributed by atoms with E-state index >= 15 is 0 Å². The fourth-order valence-corrected chi connectivity index (χ4v) is 15.5. The van der Waals surface area contributed by atoms with E-state index < -0.39 is 0 Å². The van der Waals surface area contributed by atoms with Crippen LogP contribution in [-0.2, 0) is 22.4 Å². The molecule has 0 aromatic heterocycles. The Kier molecular flexibility index (Phi) is 19.2. The van der Waals surface area contributed by atoms with Crippen molar-refractivity contribution >= 4 is 11.4 Å². The number of carbonyl (C=O) groups excluding carboxylic acids is 1. The molecule has 0 saturated heterocycles. The fraction of sp³-hybridized carbons (Fsp3) is 0.762. The van der Waals surface area contributed by atoms with E-state index in [-0.39, 0.29) is 5.92 Å². The van der Waals surface area contributed by atoms with Crippen LogP contribution >= 0.6 is 0 Å². The number of benzene rings is 2. The quantitative estimate of drug-likeness (QED) is 0.125. The Morgan fingerprint density at radius 3 is 1.94 bits per heavy atom. The Hall–Kier alpha value is -2.19. The first-order chi connectivity index (χ1) is 31.1. The summed E-state index contributed by atoms with van der Waals surface area (Å²) in [6.07, 6.45) is 20.9. The molecule has 17 atom stereocenters. The number of carbonyl (C=O) groups is 1. The van der Waals surface area contributed by atoms with E-state index in [0.717, 1.165) is 103 Å². The minimum Gasteiger partial charge on any atom is -0.381 e. The maximum absolute atomic E-state index is 12.8. The first kappa shape index (κ1) is 52.2. The summed E-state index contributed by atoms with van der Waals surface area (Å²) in [5.41, 5.74) is 10.4. The summed E-state index contributed by atoms with van der Waals surface area (Å²) in [7, 11) is 0. The first-order valence-corrected chi connectivity index (χ1v) is 28.2. The molecule has 0 heterocycles. The van der Waals surface area contributed by atoms with Gasteiger partial charge in [0.05, 0.1) is 0 Å². The predicted molar refractivity (Wildman–Crippen MR) is 281 cm³/mol. The van der Waals surface area contributed by atoms with Crippen molar-refractivity contribution in [2.24, 2.45) is 101 Å². The highest BCUT2D eigenvalue weighted by molar-refractivity contribution is 5.82. The number of allylic oxidation sites excluding steroid dienone is 2. The summed E-state index contributed by atoms with van der Waals surface area (Å²) in [5.74, 6) is 12.7. The van der Waals surface area contributed by atoms with Crippen LogP contribution in [0.4, 0.5) is 0 Å². The van der Waals surface area contributed by atoms with E-state index in [1.54, 1.807) is 11.1 Å². The van der Waals surface area contributed by atoms with Crippen molar-refractivity contribution < 1.29 is 9.53 Å². The minimum atomic E-state index is 0.194. The molecule has 0 aliphatic heterocycles. The molecule has 2 aromatic carbocycles. The lowest BCUT2D eigenvalue weighted by molar-refractivity contribution is -0.123. The van der Waals surface area contributed by atoms with Gasteiger partial charge in [-0.2, -0.15) is 0 Å². The van der Waals surface area contributed by atoms with Crippen molar-refractivity contribution in [3.05, 3.63) is 64.7 Å². The van der Waals surface area contributed by atoms with Gasteiger partial charge >= 0.3 is 0 Å². The molecule has 0 bridgehead atoms. The lowest BCUT2D eigenvalue weighted by Crippen LogP contribution is -2.44. The number of Topliss-reactive ketones (excluding diaryl/α,β-unsaturated/α-hetero) is 1. The third kappa shape index (κ3) is 12.0. The number of hydrogen-bond donors (Lipinski definition) is 0. The topological polar surface area (TPSA) is 26.3 Å². The van der Waals surface area contributed by atoms with Crippen LogP contribution in [0.5, 0.6) is 0 Å². The van der Waals surface area contributed by atoms with Crippen LogP contribution < -0.4 is 0 Å². The van der Waals surface area contributed by atoms with Crippen molar-refractivity contribution in [1.82, 2.24) is 0 Å². The number of ketones is 1. The van der Waals surface area contributed by atoms with E-state index in [1.165, 1.54) is 98.4 Å². The predicted octanol–water partition coefficient (Wildman–Crippen LogP) is 17.6. The molecule has 65 heavy (non-hydrogen) atoms. The Bertz CT molecular complexity index is 1820. The maximum Gasteiger partial charge on any atom is 0.135 e. The molecule has 2 nitrogen and oxygen atoms in total. The lowest BCUT2D eigenvalue weighted by Gasteiger charge is -2.51. The van der Waals surface area contributed by atoms with Crippen LogP contribution in [-0.4, -0.2) is 19.0 Å². The van der Waals surface area contributed by atoms with Crippen molar-refractivity contribution in [2.75, 3.05) is 13.2 Å². The molecule has 2 aromatic rings. The van der Waals surface area contributed by atoms with Crippen LogP contribution in [0.25, 0.3) is 16.7 Å². The van der Waals surface area contributed by atoms with Crippen molar-refractivity contribution in [2.45, 2.75) is 193 Å². The normalized spacial score (nSPS) is 34.8. The molecule has 364 valence electrons. The first-order valence-electron chi connectivity index (χ1n) is 28.2. The van der Waals surface area contributed by atoms with Crippen LogP contribution in [0, 0.1) is 108 Å². The third-order valence-corrected chi connectivity index (χ3v) is 20.6. The Morgan fingerprint density at radius 1 is 0.662 bits per heavy atom. The average Bonchev–Trinajstić information content (AvgIpc) is 3.72. The number of ether oxygens (including phenoxy) is 1.